The van der Waals surface area contributed by atoms with Gasteiger partial charge in [-0.1, -0.05) is 127 Å². The zero-order valence-electron chi connectivity index (χ0n) is 31.3. The number of benzene rings is 2. The van der Waals surface area contributed by atoms with E-state index in [-0.39, 0.29) is 10.5 Å². The Morgan fingerprint density at radius 1 is 0.796 bits per heavy atom. The molecule has 0 amide bonds. The fraction of sp³-hybridized carbons (Fsp3) is 0.489. The largest absolute Gasteiger partial charge is 0.453 e. The maximum absolute atomic E-state index is 12.7. The van der Waals surface area contributed by atoms with Gasteiger partial charge in [0.15, 0.2) is 11.5 Å². The van der Waals surface area contributed by atoms with Crippen LogP contribution in [0, 0.1) is 43.9 Å². The average molecular weight is 669 g/mol. The van der Waals surface area contributed by atoms with Crippen molar-refractivity contribution >= 4 is 16.8 Å². The van der Waals surface area contributed by atoms with E-state index in [0.717, 1.165) is 47.1 Å². The first-order valence-corrected chi connectivity index (χ1v) is 18.7. The van der Waals surface area contributed by atoms with Crippen LogP contribution in [-0.2, 0) is 6.42 Å². The van der Waals surface area contributed by atoms with Gasteiger partial charge in [0, 0.05) is 30.6 Å². The van der Waals surface area contributed by atoms with E-state index < -0.39 is 0 Å². The van der Waals surface area contributed by atoms with Crippen LogP contribution in [-0.4, -0.2) is 10.8 Å². The second-order valence-corrected chi connectivity index (χ2v) is 14.1. The number of allylic oxidation sites excluding steroid dienone is 1. The first-order chi connectivity index (χ1) is 23.3. The van der Waals surface area contributed by atoms with E-state index in [4.69, 9.17) is 4.42 Å². The third-order valence-corrected chi connectivity index (χ3v) is 9.91. The molecule has 0 spiro atoms. The molecule has 0 aliphatic heterocycles. The molecular formula is C45H63FNO2. The monoisotopic (exact) mass is 668 g/mol. The van der Waals surface area contributed by atoms with Crippen molar-refractivity contribution in [2.24, 2.45) is 23.7 Å². The molecule has 2 atom stereocenters. The highest BCUT2D eigenvalue weighted by atomic mass is 19.0. The van der Waals surface area contributed by atoms with Crippen molar-refractivity contribution in [3.8, 4) is 0 Å². The number of aryl methyl sites for hydroxylation is 2. The minimum absolute atomic E-state index is 0. The smallest absolute Gasteiger partial charge is 0.198 e. The van der Waals surface area contributed by atoms with Crippen molar-refractivity contribution in [3.05, 3.63) is 120 Å². The number of aromatic nitrogens is 1. The topological polar surface area (TPSA) is 43.1 Å². The van der Waals surface area contributed by atoms with Gasteiger partial charge in [0.2, 0.25) is 0 Å². The minimum Gasteiger partial charge on any atom is -0.453 e. The molecule has 2 unspecified atom stereocenters. The van der Waals surface area contributed by atoms with Crippen LogP contribution < -0.4 is 0 Å². The number of hydrogen-bond acceptors (Lipinski definition) is 3. The Morgan fingerprint density at radius 3 is 1.96 bits per heavy atom. The van der Waals surface area contributed by atoms with Crippen LogP contribution in [0.25, 0.3) is 11.0 Å². The van der Waals surface area contributed by atoms with Gasteiger partial charge < -0.3 is 4.42 Å². The summed E-state index contributed by atoms with van der Waals surface area (Å²) in [5.41, 5.74) is 5.89. The van der Waals surface area contributed by atoms with Crippen LogP contribution in [0.4, 0.5) is 4.70 Å². The van der Waals surface area contributed by atoms with Crippen LogP contribution in [0.2, 0.25) is 0 Å². The number of carbonyl (C=O) groups excluding carboxylic acids is 1. The Balaban J connectivity index is 0.000000358. The molecule has 4 aromatic rings. The van der Waals surface area contributed by atoms with E-state index >= 15 is 0 Å². The van der Waals surface area contributed by atoms with E-state index in [1.54, 1.807) is 6.08 Å². The normalized spacial score (nSPS) is 20.0. The molecule has 2 aromatic carbocycles. The average Bonchev–Trinajstić information content (AvgIpc) is 3.41. The molecule has 1 radical (unpaired) electrons. The van der Waals surface area contributed by atoms with Crippen LogP contribution >= 0.6 is 0 Å². The SMILES string of the molecule is C=C[CH]c1ccc2oc(C(=O)CCC3CCCC(Cc4ccncc4)CC3)cc2c1.CC.CC1CCC(C)CC1.Cc1ccc(C)cc1.F. The van der Waals surface area contributed by atoms with Gasteiger partial charge in [-0.3, -0.25) is 14.5 Å². The van der Waals surface area contributed by atoms with Crippen molar-refractivity contribution in [2.45, 2.75) is 119 Å². The fourth-order valence-electron chi connectivity index (χ4n) is 6.76. The molecular weight excluding hydrogens is 605 g/mol. The fourth-order valence-corrected chi connectivity index (χ4v) is 6.76. The molecule has 2 fully saturated rings. The predicted octanol–water partition coefficient (Wildman–Crippen LogP) is 13.3. The number of furan rings is 1. The standard InChI is InChI=1S/C27H30NO2.C8H16.C8H10.C2H6.FH/c1-2-4-21-10-12-26-24(18-21)19-27(30-26)25(29)11-9-20-5-3-6-22(8-7-20)17-23-13-15-28-16-14-23;2*1-7-3-5-8(2)6-4-7;1-2;/h2,4,10,12-16,18-20,22H,1,3,5-9,11,17H2;7-8H,3-6H2,1-2H3;3-6H,1-2H3;1-2H3;1H. The van der Waals surface area contributed by atoms with Gasteiger partial charge >= 0.3 is 0 Å². The van der Waals surface area contributed by atoms with Gasteiger partial charge in [-0.05, 0) is 98.2 Å². The van der Waals surface area contributed by atoms with Crippen LogP contribution in [0.3, 0.4) is 0 Å². The molecule has 49 heavy (non-hydrogen) atoms. The molecule has 6 rings (SSSR count). The molecule has 2 aliphatic carbocycles. The molecule has 4 heteroatoms. The Bertz CT molecular complexity index is 1440. The summed E-state index contributed by atoms with van der Waals surface area (Å²) in [5, 5.41) is 0.974. The van der Waals surface area contributed by atoms with Crippen molar-refractivity contribution < 1.29 is 13.9 Å². The van der Waals surface area contributed by atoms with Crippen molar-refractivity contribution in [1.29, 1.82) is 0 Å². The first-order valence-electron chi connectivity index (χ1n) is 18.7. The summed E-state index contributed by atoms with van der Waals surface area (Å²) in [4.78, 5) is 16.9. The molecule has 0 N–H and O–H groups in total. The number of halogens is 1. The number of pyridine rings is 1. The molecule has 2 saturated carbocycles. The van der Waals surface area contributed by atoms with E-state index in [1.165, 1.54) is 74.5 Å². The van der Waals surface area contributed by atoms with Crippen molar-refractivity contribution in [3.63, 3.8) is 0 Å². The summed E-state index contributed by atoms with van der Waals surface area (Å²) in [6.07, 6.45) is 22.3. The zero-order valence-corrected chi connectivity index (χ0v) is 31.3. The number of ketones is 1. The second-order valence-electron chi connectivity index (χ2n) is 14.1. The van der Waals surface area contributed by atoms with Gasteiger partial charge in [0.25, 0.3) is 0 Å². The number of hydrogen-bond donors (Lipinski definition) is 0. The molecule has 2 aliphatic rings. The number of nitrogens with zero attached hydrogens (tertiary/aromatic N) is 1. The Morgan fingerprint density at radius 2 is 1.37 bits per heavy atom. The molecule has 3 nitrogen and oxygen atoms in total. The first kappa shape index (κ1) is 41.6. The van der Waals surface area contributed by atoms with E-state index in [0.29, 0.717) is 18.1 Å². The molecule has 2 aromatic heterocycles. The molecule has 0 bridgehead atoms. The maximum atomic E-state index is 12.7. The summed E-state index contributed by atoms with van der Waals surface area (Å²) in [6, 6.07) is 20.6. The van der Waals surface area contributed by atoms with Crippen molar-refractivity contribution in [2.75, 3.05) is 0 Å². The Hall–Kier alpha value is -3.53. The van der Waals surface area contributed by atoms with Crippen LogP contribution in [0.15, 0.2) is 90.1 Å². The maximum Gasteiger partial charge on any atom is 0.198 e. The van der Waals surface area contributed by atoms with Gasteiger partial charge in [-0.2, -0.15) is 0 Å². The number of carbonyl (C=O) groups is 1. The summed E-state index contributed by atoms with van der Waals surface area (Å²) in [7, 11) is 0. The Labute approximate surface area is 297 Å². The molecule has 0 saturated heterocycles. The number of rotatable bonds is 8. The van der Waals surface area contributed by atoms with Gasteiger partial charge in [0.1, 0.15) is 5.58 Å². The lowest BCUT2D eigenvalue weighted by atomic mass is 9.84. The third kappa shape index (κ3) is 15.3. The quantitative estimate of drug-likeness (QED) is 0.139. The van der Waals surface area contributed by atoms with E-state index in [9.17, 15) is 4.79 Å². The summed E-state index contributed by atoms with van der Waals surface area (Å²) < 4.78 is 5.82. The summed E-state index contributed by atoms with van der Waals surface area (Å²) in [5.74, 6) is 4.06. The van der Waals surface area contributed by atoms with E-state index in [2.05, 4.69) is 75.7 Å². The second kappa shape index (κ2) is 23.0. The summed E-state index contributed by atoms with van der Waals surface area (Å²) >= 11 is 0. The van der Waals surface area contributed by atoms with E-state index in [1.807, 2.05) is 56.9 Å². The highest BCUT2D eigenvalue weighted by Crippen LogP contribution is 2.33. The highest BCUT2D eigenvalue weighted by Gasteiger charge is 2.21. The van der Waals surface area contributed by atoms with Crippen LogP contribution in [0.1, 0.15) is 131 Å². The zero-order chi connectivity index (χ0) is 34.7. The third-order valence-electron chi connectivity index (χ3n) is 9.91. The predicted molar refractivity (Wildman–Crippen MR) is 208 cm³/mol. The minimum atomic E-state index is 0. The number of Topliss-reactive ketones (excluding diaryl/α,β-unsaturated/α-hetero) is 1. The summed E-state index contributed by atoms with van der Waals surface area (Å²) in [6.45, 7) is 16.7. The van der Waals surface area contributed by atoms with Gasteiger partial charge in [0.05, 0.1) is 0 Å². The highest BCUT2D eigenvalue weighted by molar-refractivity contribution is 5.97. The molecule has 2 heterocycles. The molecule has 267 valence electrons. The van der Waals surface area contributed by atoms with Gasteiger partial charge in [-0.25, -0.2) is 0 Å². The van der Waals surface area contributed by atoms with Crippen molar-refractivity contribution in [1.82, 2.24) is 4.98 Å². The lowest BCUT2D eigenvalue weighted by Gasteiger charge is -2.22. The lowest BCUT2D eigenvalue weighted by Crippen LogP contribution is -2.08. The Kier molecular flexibility index (Phi) is 19.5. The van der Waals surface area contributed by atoms with Gasteiger partial charge in [-0.15, -0.1) is 6.58 Å². The van der Waals surface area contributed by atoms with Crippen LogP contribution in [0.5, 0.6) is 0 Å². The number of fused-ring (bicyclic) bond motifs is 1. The lowest BCUT2D eigenvalue weighted by molar-refractivity contribution is 0.0947.